The molecule has 3 heterocycles. The van der Waals surface area contributed by atoms with E-state index in [4.69, 9.17) is 0 Å². The number of rotatable bonds is 6. The van der Waals surface area contributed by atoms with E-state index in [0.29, 0.717) is 12.4 Å². The van der Waals surface area contributed by atoms with E-state index in [9.17, 15) is 4.39 Å². The van der Waals surface area contributed by atoms with E-state index < -0.39 is 0 Å². The first-order valence-electron chi connectivity index (χ1n) is 8.95. The zero-order valence-corrected chi connectivity index (χ0v) is 16.0. The van der Waals surface area contributed by atoms with E-state index in [1.807, 2.05) is 11.1 Å². The van der Waals surface area contributed by atoms with Crippen molar-refractivity contribution in [2.45, 2.75) is 32.2 Å². The highest BCUT2D eigenvalue weighted by atomic mass is 32.1. The van der Waals surface area contributed by atoms with Crippen molar-refractivity contribution in [3.63, 3.8) is 0 Å². The molecule has 1 aliphatic heterocycles. The summed E-state index contributed by atoms with van der Waals surface area (Å²) < 4.78 is 13.9. The van der Waals surface area contributed by atoms with Crippen LogP contribution in [0.5, 0.6) is 0 Å². The molecular weight excluding hydrogens is 351 g/mol. The molecule has 1 fully saturated rings. The van der Waals surface area contributed by atoms with Crippen LogP contribution in [-0.2, 0) is 12.8 Å². The lowest BCUT2D eigenvalue weighted by Crippen LogP contribution is -2.45. The second kappa shape index (κ2) is 8.93. The number of nitrogens with zero attached hydrogens (tertiary/aromatic N) is 4. The SMILES string of the molecule is CCc1cnc(CCNC(=NC)NC2CCN(c3ncccc3F)C2)s1. The topological polar surface area (TPSA) is 65.4 Å². The summed E-state index contributed by atoms with van der Waals surface area (Å²) in [7, 11) is 1.76. The number of thiazole rings is 1. The van der Waals surface area contributed by atoms with Crippen LogP contribution in [0.15, 0.2) is 29.5 Å². The van der Waals surface area contributed by atoms with Gasteiger partial charge in [-0.1, -0.05) is 6.92 Å². The first kappa shape index (κ1) is 18.6. The zero-order valence-electron chi connectivity index (χ0n) is 15.2. The molecule has 0 spiro atoms. The van der Waals surface area contributed by atoms with Gasteiger partial charge in [-0.15, -0.1) is 11.3 Å². The fourth-order valence-corrected chi connectivity index (χ4v) is 3.85. The molecule has 26 heavy (non-hydrogen) atoms. The molecular formula is C18H25FN6S. The molecule has 140 valence electrons. The largest absolute Gasteiger partial charge is 0.356 e. The molecule has 2 aromatic rings. The normalized spacial score (nSPS) is 17.6. The number of aliphatic imine (C=N–C) groups is 1. The molecule has 2 aromatic heterocycles. The number of guanidine groups is 1. The van der Waals surface area contributed by atoms with E-state index in [-0.39, 0.29) is 11.9 Å². The molecule has 0 saturated carbocycles. The highest BCUT2D eigenvalue weighted by Gasteiger charge is 2.25. The first-order valence-corrected chi connectivity index (χ1v) is 9.77. The molecule has 0 radical (unpaired) electrons. The zero-order chi connectivity index (χ0) is 18.4. The third-order valence-electron chi connectivity index (χ3n) is 4.37. The van der Waals surface area contributed by atoms with Gasteiger partial charge in [0.2, 0.25) is 0 Å². The Bertz CT molecular complexity index is 747. The van der Waals surface area contributed by atoms with Gasteiger partial charge in [0.15, 0.2) is 17.6 Å². The van der Waals surface area contributed by atoms with Gasteiger partial charge >= 0.3 is 0 Å². The van der Waals surface area contributed by atoms with Gasteiger partial charge in [0.1, 0.15) is 0 Å². The van der Waals surface area contributed by atoms with Gasteiger partial charge in [-0.25, -0.2) is 14.4 Å². The van der Waals surface area contributed by atoms with Gasteiger partial charge in [-0.3, -0.25) is 4.99 Å². The summed E-state index contributed by atoms with van der Waals surface area (Å²) >= 11 is 1.76. The van der Waals surface area contributed by atoms with Crippen LogP contribution in [0.1, 0.15) is 23.2 Å². The second-order valence-electron chi connectivity index (χ2n) is 6.21. The number of hydrogen-bond donors (Lipinski definition) is 2. The van der Waals surface area contributed by atoms with Gasteiger partial charge in [0.05, 0.1) is 5.01 Å². The van der Waals surface area contributed by atoms with E-state index in [0.717, 1.165) is 43.3 Å². The predicted molar refractivity (Wildman–Crippen MR) is 105 cm³/mol. The molecule has 1 atom stereocenters. The maximum Gasteiger partial charge on any atom is 0.191 e. The van der Waals surface area contributed by atoms with Crippen LogP contribution in [0.3, 0.4) is 0 Å². The maximum atomic E-state index is 13.9. The van der Waals surface area contributed by atoms with Crippen molar-refractivity contribution in [3.05, 3.63) is 40.2 Å². The van der Waals surface area contributed by atoms with Crippen LogP contribution < -0.4 is 15.5 Å². The third kappa shape index (κ3) is 4.69. The van der Waals surface area contributed by atoms with Crippen molar-refractivity contribution in [2.75, 3.05) is 31.6 Å². The van der Waals surface area contributed by atoms with Crippen molar-refractivity contribution in [1.29, 1.82) is 0 Å². The van der Waals surface area contributed by atoms with Crippen molar-refractivity contribution in [1.82, 2.24) is 20.6 Å². The van der Waals surface area contributed by atoms with Gasteiger partial charge in [0, 0.05) is 56.4 Å². The number of pyridine rings is 1. The van der Waals surface area contributed by atoms with Crippen molar-refractivity contribution < 1.29 is 4.39 Å². The predicted octanol–water partition coefficient (Wildman–Crippen LogP) is 2.23. The average molecular weight is 377 g/mol. The Morgan fingerprint density at radius 2 is 2.35 bits per heavy atom. The maximum absolute atomic E-state index is 13.9. The summed E-state index contributed by atoms with van der Waals surface area (Å²) in [5, 5.41) is 7.89. The molecule has 6 nitrogen and oxygen atoms in total. The second-order valence-corrected chi connectivity index (χ2v) is 7.41. The number of aryl methyl sites for hydroxylation is 1. The Hall–Kier alpha value is -2.22. The van der Waals surface area contributed by atoms with Crippen LogP contribution in [0, 0.1) is 5.82 Å². The number of nitrogens with one attached hydrogen (secondary N) is 2. The fourth-order valence-electron chi connectivity index (χ4n) is 2.98. The van der Waals surface area contributed by atoms with Gasteiger partial charge in [0.25, 0.3) is 0 Å². The van der Waals surface area contributed by atoms with Crippen LogP contribution in [0.2, 0.25) is 0 Å². The van der Waals surface area contributed by atoms with Crippen molar-refractivity contribution >= 4 is 23.1 Å². The minimum absolute atomic E-state index is 0.217. The summed E-state index contributed by atoms with van der Waals surface area (Å²) in [5.41, 5.74) is 0. The molecule has 0 bridgehead atoms. The molecule has 2 N–H and O–H groups in total. The number of aromatic nitrogens is 2. The van der Waals surface area contributed by atoms with Crippen LogP contribution in [0.25, 0.3) is 0 Å². The molecule has 0 aliphatic carbocycles. The molecule has 1 aliphatic rings. The molecule has 0 aromatic carbocycles. The highest BCUT2D eigenvalue weighted by molar-refractivity contribution is 7.11. The molecule has 1 unspecified atom stereocenters. The molecule has 0 amide bonds. The van der Waals surface area contributed by atoms with Crippen LogP contribution in [0.4, 0.5) is 10.2 Å². The van der Waals surface area contributed by atoms with E-state index in [1.54, 1.807) is 30.6 Å². The monoisotopic (exact) mass is 376 g/mol. The van der Waals surface area contributed by atoms with Gasteiger partial charge in [-0.2, -0.15) is 0 Å². The Kier molecular flexibility index (Phi) is 6.38. The van der Waals surface area contributed by atoms with Gasteiger partial charge in [-0.05, 0) is 25.0 Å². The summed E-state index contributed by atoms with van der Waals surface area (Å²) in [6, 6.07) is 3.28. The third-order valence-corrected chi connectivity index (χ3v) is 5.57. The average Bonchev–Trinajstić information content (AvgIpc) is 3.30. The number of halogens is 1. The molecule has 8 heteroatoms. The quantitative estimate of drug-likeness (QED) is 0.598. The minimum atomic E-state index is -0.273. The first-order chi connectivity index (χ1) is 12.7. The Morgan fingerprint density at radius 3 is 3.08 bits per heavy atom. The number of anilines is 1. The minimum Gasteiger partial charge on any atom is -0.356 e. The Balaban J connectivity index is 1.46. The summed E-state index contributed by atoms with van der Waals surface area (Å²) in [4.78, 5) is 16.2. The van der Waals surface area contributed by atoms with E-state index >= 15 is 0 Å². The van der Waals surface area contributed by atoms with Crippen LogP contribution >= 0.6 is 11.3 Å². The van der Waals surface area contributed by atoms with Crippen molar-refractivity contribution in [2.24, 2.45) is 4.99 Å². The van der Waals surface area contributed by atoms with Gasteiger partial charge < -0.3 is 15.5 Å². The van der Waals surface area contributed by atoms with E-state index in [2.05, 4.69) is 32.5 Å². The standard InChI is InChI=1S/C18H25FN6S/c1-3-14-11-23-16(26-14)6-9-22-18(20-2)24-13-7-10-25(12-13)17-15(19)5-4-8-21-17/h4-5,8,11,13H,3,6-7,9-10,12H2,1-2H3,(H2,20,22,24). The Morgan fingerprint density at radius 1 is 1.46 bits per heavy atom. The summed E-state index contributed by atoms with van der Waals surface area (Å²) in [5.74, 6) is 0.923. The molecule has 3 rings (SSSR count). The molecule has 1 saturated heterocycles. The van der Waals surface area contributed by atoms with Crippen LogP contribution in [-0.4, -0.2) is 48.7 Å². The van der Waals surface area contributed by atoms with E-state index in [1.165, 1.54) is 10.9 Å². The lowest BCUT2D eigenvalue weighted by Gasteiger charge is -2.19. The lowest BCUT2D eigenvalue weighted by atomic mass is 10.3. The van der Waals surface area contributed by atoms with Crippen molar-refractivity contribution in [3.8, 4) is 0 Å². The lowest BCUT2D eigenvalue weighted by molar-refractivity contribution is 0.612. The fraction of sp³-hybridized carbons (Fsp3) is 0.500. The smallest absolute Gasteiger partial charge is 0.191 e. The summed E-state index contributed by atoms with van der Waals surface area (Å²) in [6.45, 7) is 4.41. The Labute approximate surface area is 157 Å². The highest BCUT2D eigenvalue weighted by Crippen LogP contribution is 2.20. The summed E-state index contributed by atoms with van der Waals surface area (Å²) in [6.07, 6.45) is 6.41. The number of hydrogen-bond acceptors (Lipinski definition) is 5.